The van der Waals surface area contributed by atoms with Gasteiger partial charge in [-0.15, -0.1) is 10.2 Å². The minimum atomic E-state index is -1.06. The molecule has 0 radical (unpaired) electrons. The van der Waals surface area contributed by atoms with Crippen molar-refractivity contribution in [2.24, 2.45) is 0 Å². The maximum absolute atomic E-state index is 10.6. The van der Waals surface area contributed by atoms with Gasteiger partial charge in [0.25, 0.3) is 0 Å². The predicted molar refractivity (Wildman–Crippen MR) is 57.3 cm³/mol. The third kappa shape index (κ3) is 2.14. The molecule has 2 rings (SSSR count). The molecular formula is C9H5ClN2O2S. The molecule has 0 spiro atoms. The van der Waals surface area contributed by atoms with Crippen molar-refractivity contribution >= 4 is 28.9 Å². The van der Waals surface area contributed by atoms with Gasteiger partial charge in [0, 0.05) is 10.6 Å². The van der Waals surface area contributed by atoms with E-state index in [0.717, 1.165) is 16.9 Å². The number of carbonyl (C=O) groups is 1. The van der Waals surface area contributed by atoms with Crippen molar-refractivity contribution in [3.63, 3.8) is 0 Å². The lowest BCUT2D eigenvalue weighted by molar-refractivity contribution is 0.0695. The van der Waals surface area contributed by atoms with Gasteiger partial charge in [0.05, 0.1) is 0 Å². The standard InChI is InChI=1S/C9H5ClN2O2S/c10-6-3-1-5(2-4-6)7-11-12-8(15-7)9(13)14/h1-4H,(H,13,14). The SMILES string of the molecule is O=C(O)c1nnc(-c2ccc(Cl)cc2)s1. The monoisotopic (exact) mass is 240 g/mol. The van der Waals surface area contributed by atoms with Crippen LogP contribution < -0.4 is 0 Å². The lowest BCUT2D eigenvalue weighted by Gasteiger charge is -1.93. The number of halogens is 1. The average molecular weight is 241 g/mol. The molecule has 15 heavy (non-hydrogen) atoms. The Labute approximate surface area is 94.2 Å². The van der Waals surface area contributed by atoms with Crippen LogP contribution in [0.25, 0.3) is 10.6 Å². The smallest absolute Gasteiger partial charge is 0.367 e. The maximum Gasteiger partial charge on any atom is 0.367 e. The van der Waals surface area contributed by atoms with E-state index in [9.17, 15) is 4.79 Å². The van der Waals surface area contributed by atoms with E-state index >= 15 is 0 Å². The highest BCUT2D eigenvalue weighted by Gasteiger charge is 2.11. The largest absolute Gasteiger partial charge is 0.476 e. The summed E-state index contributed by atoms with van der Waals surface area (Å²) in [6.07, 6.45) is 0. The number of benzene rings is 1. The molecular weight excluding hydrogens is 236 g/mol. The van der Waals surface area contributed by atoms with E-state index in [2.05, 4.69) is 10.2 Å². The normalized spacial score (nSPS) is 10.2. The molecule has 76 valence electrons. The van der Waals surface area contributed by atoms with Gasteiger partial charge >= 0.3 is 5.97 Å². The van der Waals surface area contributed by atoms with Crippen LogP contribution in [0.1, 0.15) is 9.80 Å². The fourth-order valence-corrected chi connectivity index (χ4v) is 1.83. The summed E-state index contributed by atoms with van der Waals surface area (Å²) in [5.74, 6) is -1.06. The van der Waals surface area contributed by atoms with Crippen LogP contribution in [0.5, 0.6) is 0 Å². The second kappa shape index (κ2) is 3.96. The van der Waals surface area contributed by atoms with Crippen LogP contribution in [0.4, 0.5) is 0 Å². The van der Waals surface area contributed by atoms with E-state index in [-0.39, 0.29) is 5.01 Å². The molecule has 0 saturated carbocycles. The van der Waals surface area contributed by atoms with E-state index in [1.165, 1.54) is 0 Å². The summed E-state index contributed by atoms with van der Waals surface area (Å²) in [7, 11) is 0. The molecule has 0 saturated heterocycles. The first-order valence-electron chi connectivity index (χ1n) is 3.99. The molecule has 0 aliphatic heterocycles. The van der Waals surface area contributed by atoms with Gasteiger partial charge in [-0.25, -0.2) is 4.79 Å². The van der Waals surface area contributed by atoms with Crippen molar-refractivity contribution in [3.8, 4) is 10.6 Å². The highest BCUT2D eigenvalue weighted by molar-refractivity contribution is 7.16. The third-order valence-corrected chi connectivity index (χ3v) is 2.91. The van der Waals surface area contributed by atoms with Crippen molar-refractivity contribution in [1.82, 2.24) is 10.2 Å². The number of hydrogen-bond acceptors (Lipinski definition) is 4. The molecule has 0 amide bonds. The van der Waals surface area contributed by atoms with Gasteiger partial charge in [-0.1, -0.05) is 35.1 Å². The van der Waals surface area contributed by atoms with Gasteiger partial charge in [0.1, 0.15) is 5.01 Å². The lowest BCUT2D eigenvalue weighted by Crippen LogP contribution is -1.93. The predicted octanol–water partition coefficient (Wildman–Crippen LogP) is 2.56. The van der Waals surface area contributed by atoms with E-state index in [1.807, 2.05) is 0 Å². The quantitative estimate of drug-likeness (QED) is 0.876. The van der Waals surface area contributed by atoms with Crippen LogP contribution >= 0.6 is 22.9 Å². The summed E-state index contributed by atoms with van der Waals surface area (Å²) >= 11 is 6.76. The van der Waals surface area contributed by atoms with Crippen molar-refractivity contribution in [2.75, 3.05) is 0 Å². The molecule has 2 aromatic rings. The number of hydrogen-bond donors (Lipinski definition) is 1. The maximum atomic E-state index is 10.6. The minimum absolute atomic E-state index is 0.0139. The van der Waals surface area contributed by atoms with Gasteiger partial charge in [-0.2, -0.15) is 0 Å². The Hall–Kier alpha value is -1.46. The summed E-state index contributed by atoms with van der Waals surface area (Å²) in [6.45, 7) is 0. The van der Waals surface area contributed by atoms with Gasteiger partial charge in [-0.05, 0) is 12.1 Å². The van der Waals surface area contributed by atoms with Crippen LogP contribution in [0, 0.1) is 0 Å². The van der Waals surface area contributed by atoms with Crippen LogP contribution in [0.15, 0.2) is 24.3 Å². The fraction of sp³-hybridized carbons (Fsp3) is 0. The summed E-state index contributed by atoms with van der Waals surface area (Å²) in [5.41, 5.74) is 0.810. The zero-order valence-electron chi connectivity index (χ0n) is 7.35. The summed E-state index contributed by atoms with van der Waals surface area (Å²) in [5, 5.41) is 17.2. The third-order valence-electron chi connectivity index (χ3n) is 1.70. The summed E-state index contributed by atoms with van der Waals surface area (Å²) in [4.78, 5) is 10.6. The zero-order chi connectivity index (χ0) is 10.8. The first-order valence-corrected chi connectivity index (χ1v) is 5.19. The molecule has 1 N–H and O–H groups in total. The Morgan fingerprint density at radius 1 is 1.27 bits per heavy atom. The Morgan fingerprint density at radius 2 is 1.93 bits per heavy atom. The number of aromatic nitrogens is 2. The topological polar surface area (TPSA) is 63.1 Å². The van der Waals surface area contributed by atoms with Crippen LogP contribution in [-0.4, -0.2) is 21.3 Å². The van der Waals surface area contributed by atoms with Crippen molar-refractivity contribution in [3.05, 3.63) is 34.3 Å². The molecule has 1 heterocycles. The first-order chi connectivity index (χ1) is 7.16. The molecule has 6 heteroatoms. The molecule has 0 aliphatic rings. The van der Waals surface area contributed by atoms with E-state index in [1.54, 1.807) is 24.3 Å². The Bertz CT molecular complexity index is 495. The van der Waals surface area contributed by atoms with Gasteiger partial charge in [-0.3, -0.25) is 0 Å². The summed E-state index contributed by atoms with van der Waals surface area (Å²) in [6, 6.07) is 6.99. The second-order valence-electron chi connectivity index (χ2n) is 2.72. The second-order valence-corrected chi connectivity index (χ2v) is 4.14. The molecule has 0 unspecified atom stereocenters. The molecule has 0 atom stereocenters. The lowest BCUT2D eigenvalue weighted by atomic mass is 10.2. The van der Waals surface area contributed by atoms with Crippen LogP contribution in [0.2, 0.25) is 5.02 Å². The number of aromatic carboxylic acids is 1. The number of nitrogens with zero attached hydrogens (tertiary/aromatic N) is 2. The van der Waals surface area contributed by atoms with Crippen LogP contribution in [0.3, 0.4) is 0 Å². The zero-order valence-corrected chi connectivity index (χ0v) is 8.92. The highest BCUT2D eigenvalue weighted by Crippen LogP contribution is 2.24. The summed E-state index contributed by atoms with van der Waals surface area (Å²) < 4.78 is 0. The van der Waals surface area contributed by atoms with E-state index in [0.29, 0.717) is 10.0 Å². The van der Waals surface area contributed by atoms with E-state index in [4.69, 9.17) is 16.7 Å². The number of carboxylic acids is 1. The minimum Gasteiger partial charge on any atom is -0.476 e. The van der Waals surface area contributed by atoms with Crippen molar-refractivity contribution in [1.29, 1.82) is 0 Å². The van der Waals surface area contributed by atoms with Gasteiger partial charge in [0.15, 0.2) is 0 Å². The Kier molecular flexibility index (Phi) is 2.66. The molecule has 1 aromatic heterocycles. The molecule has 0 fully saturated rings. The van der Waals surface area contributed by atoms with Gasteiger partial charge < -0.3 is 5.11 Å². The first kappa shape index (κ1) is 10.1. The van der Waals surface area contributed by atoms with Crippen molar-refractivity contribution in [2.45, 2.75) is 0 Å². The Balaban J connectivity index is 2.37. The Morgan fingerprint density at radius 3 is 2.47 bits per heavy atom. The molecule has 0 aliphatic carbocycles. The highest BCUT2D eigenvalue weighted by atomic mass is 35.5. The van der Waals surface area contributed by atoms with Crippen molar-refractivity contribution < 1.29 is 9.90 Å². The van der Waals surface area contributed by atoms with Gasteiger partial charge in [0.2, 0.25) is 5.01 Å². The molecule has 1 aromatic carbocycles. The molecule has 4 nitrogen and oxygen atoms in total. The van der Waals surface area contributed by atoms with E-state index < -0.39 is 5.97 Å². The van der Waals surface area contributed by atoms with Crippen LogP contribution in [-0.2, 0) is 0 Å². The number of carboxylic acid groups (broad SMARTS) is 1. The fourth-order valence-electron chi connectivity index (χ4n) is 1.02. The average Bonchev–Trinajstić information content (AvgIpc) is 2.68. The number of rotatable bonds is 2. The molecule has 0 bridgehead atoms.